The van der Waals surface area contributed by atoms with Crippen LogP contribution in [0.15, 0.2) is 40.7 Å². The minimum absolute atomic E-state index is 0.173. The summed E-state index contributed by atoms with van der Waals surface area (Å²) in [6, 6.07) is 2.81. The van der Waals surface area contributed by atoms with Crippen LogP contribution in [0, 0.1) is 5.82 Å². The molecule has 3 rings (SSSR count). The second-order valence-electron chi connectivity index (χ2n) is 5.93. The van der Waals surface area contributed by atoms with Gasteiger partial charge in [0.2, 0.25) is 10.0 Å². The van der Waals surface area contributed by atoms with Gasteiger partial charge in [-0.05, 0) is 24.3 Å². The highest BCUT2D eigenvalue weighted by molar-refractivity contribution is 7.89. The van der Waals surface area contributed by atoms with Gasteiger partial charge in [0.1, 0.15) is 11.9 Å². The number of thiazole rings is 1. The van der Waals surface area contributed by atoms with Crippen molar-refractivity contribution in [2.45, 2.75) is 23.5 Å². The Kier molecular flexibility index (Phi) is 6.03. The quantitative estimate of drug-likeness (QED) is 0.644. The molecule has 28 heavy (non-hydrogen) atoms. The number of esters is 1. The molecule has 2 heterocycles. The fraction of sp³-hybridized carbons (Fsp3) is 0.312. The van der Waals surface area contributed by atoms with Crippen LogP contribution in [0.25, 0.3) is 0 Å². The number of aliphatic hydroxyl groups is 1. The van der Waals surface area contributed by atoms with Crippen LogP contribution >= 0.6 is 11.3 Å². The molecule has 0 saturated carbocycles. The van der Waals surface area contributed by atoms with E-state index in [0.717, 1.165) is 28.6 Å². The summed E-state index contributed by atoms with van der Waals surface area (Å²) in [6.07, 6.45) is 0.245. The molecular formula is C16H16FN3O6S2. The van der Waals surface area contributed by atoms with Crippen LogP contribution in [0.1, 0.15) is 6.42 Å². The van der Waals surface area contributed by atoms with Gasteiger partial charge in [-0.15, -0.1) is 11.3 Å². The van der Waals surface area contributed by atoms with Crippen molar-refractivity contribution in [3.63, 3.8) is 0 Å². The van der Waals surface area contributed by atoms with Crippen LogP contribution in [0.2, 0.25) is 0 Å². The lowest BCUT2D eigenvalue weighted by atomic mass is 10.2. The van der Waals surface area contributed by atoms with Crippen LogP contribution in [0.5, 0.6) is 0 Å². The monoisotopic (exact) mass is 429 g/mol. The molecule has 1 aliphatic rings. The van der Waals surface area contributed by atoms with Crippen molar-refractivity contribution in [3.8, 4) is 0 Å². The molecule has 1 amide bonds. The van der Waals surface area contributed by atoms with Gasteiger partial charge in [0, 0.05) is 24.5 Å². The zero-order chi connectivity index (χ0) is 20.3. The number of carbonyl (C=O) groups excluding carboxylic acids is 2. The first-order valence-electron chi connectivity index (χ1n) is 8.09. The molecule has 1 aromatic heterocycles. The number of β-amino-alcohol motifs (C(OH)–C–C–N with tert-alkyl or cyclic N) is 1. The molecule has 2 aromatic rings. The number of aliphatic hydroxyl groups excluding tert-OH is 1. The third-order valence-corrected chi connectivity index (χ3v) is 6.53. The van der Waals surface area contributed by atoms with Crippen molar-refractivity contribution >= 4 is 38.4 Å². The Balaban J connectivity index is 1.68. The molecule has 1 aliphatic heterocycles. The molecule has 1 fully saturated rings. The number of carbonyl (C=O) groups is 2. The number of rotatable bonds is 6. The van der Waals surface area contributed by atoms with Crippen molar-refractivity contribution in [2.24, 2.45) is 0 Å². The Hall–Kier alpha value is -2.41. The number of anilines is 1. The van der Waals surface area contributed by atoms with E-state index in [0.29, 0.717) is 5.13 Å². The van der Waals surface area contributed by atoms with Crippen molar-refractivity contribution in [3.05, 3.63) is 41.7 Å². The first kappa shape index (κ1) is 20.3. The van der Waals surface area contributed by atoms with E-state index in [1.165, 1.54) is 17.5 Å². The highest BCUT2D eigenvalue weighted by atomic mass is 32.2. The molecule has 9 nitrogen and oxygen atoms in total. The summed E-state index contributed by atoms with van der Waals surface area (Å²) in [5.74, 6) is -2.20. The van der Waals surface area contributed by atoms with Crippen molar-refractivity contribution in [1.29, 1.82) is 0 Å². The summed E-state index contributed by atoms with van der Waals surface area (Å²) in [5.41, 5.74) is 0. The minimum atomic E-state index is -4.17. The zero-order valence-corrected chi connectivity index (χ0v) is 16.0. The largest absolute Gasteiger partial charge is 0.454 e. The van der Waals surface area contributed by atoms with Gasteiger partial charge in [-0.1, -0.05) is 0 Å². The van der Waals surface area contributed by atoms with E-state index in [9.17, 15) is 27.5 Å². The summed E-state index contributed by atoms with van der Waals surface area (Å²) in [7, 11) is -4.17. The fourth-order valence-electron chi connectivity index (χ4n) is 2.68. The summed E-state index contributed by atoms with van der Waals surface area (Å²) in [4.78, 5) is 27.8. The number of hydrogen-bond donors (Lipinski definition) is 2. The SMILES string of the molecule is O=C(COC(=O)C1CC(O)CN1S(=O)(=O)c1ccc(F)cc1)Nc1nccs1. The normalized spacial score (nSPS) is 20.1. The van der Waals surface area contributed by atoms with Gasteiger partial charge in [-0.25, -0.2) is 17.8 Å². The number of sulfonamides is 1. The van der Waals surface area contributed by atoms with Crippen molar-refractivity contribution in [1.82, 2.24) is 9.29 Å². The molecule has 0 radical (unpaired) electrons. The van der Waals surface area contributed by atoms with Crippen molar-refractivity contribution in [2.75, 3.05) is 18.5 Å². The van der Waals surface area contributed by atoms with Crippen LogP contribution < -0.4 is 5.32 Å². The number of nitrogens with one attached hydrogen (secondary N) is 1. The molecule has 150 valence electrons. The second kappa shape index (κ2) is 8.31. The Morgan fingerprint density at radius 3 is 2.71 bits per heavy atom. The maximum absolute atomic E-state index is 13.1. The van der Waals surface area contributed by atoms with E-state index in [4.69, 9.17) is 4.74 Å². The minimum Gasteiger partial charge on any atom is -0.454 e. The highest BCUT2D eigenvalue weighted by Crippen LogP contribution is 2.27. The standard InChI is InChI=1S/C16H16FN3O6S2/c17-10-1-3-12(4-2-10)28(24,25)20-8-11(21)7-13(20)15(23)26-9-14(22)19-16-18-5-6-27-16/h1-6,11,13,21H,7-9H2,(H,18,19,22). The Labute approximate surface area is 163 Å². The molecule has 2 N–H and O–H groups in total. The Morgan fingerprint density at radius 1 is 1.36 bits per heavy atom. The molecule has 0 bridgehead atoms. The maximum Gasteiger partial charge on any atom is 0.325 e. The lowest BCUT2D eigenvalue weighted by Gasteiger charge is -2.22. The lowest BCUT2D eigenvalue weighted by Crippen LogP contribution is -2.42. The first-order valence-corrected chi connectivity index (χ1v) is 10.4. The van der Waals surface area contributed by atoms with E-state index >= 15 is 0 Å². The molecule has 1 saturated heterocycles. The van der Waals surface area contributed by atoms with Crippen LogP contribution in [-0.2, 0) is 24.3 Å². The van der Waals surface area contributed by atoms with Gasteiger partial charge < -0.3 is 9.84 Å². The summed E-state index contributed by atoms with van der Waals surface area (Å²) < 4.78 is 44.3. The third-order valence-electron chi connectivity index (χ3n) is 3.95. The van der Waals surface area contributed by atoms with Crippen LogP contribution in [0.4, 0.5) is 9.52 Å². The number of amides is 1. The van der Waals surface area contributed by atoms with Crippen molar-refractivity contribution < 1.29 is 32.2 Å². The number of halogens is 1. The molecule has 2 unspecified atom stereocenters. The Morgan fingerprint density at radius 2 is 2.07 bits per heavy atom. The summed E-state index contributed by atoms with van der Waals surface area (Å²) in [6.45, 7) is -0.944. The van der Waals surface area contributed by atoms with Crippen LogP contribution in [0.3, 0.4) is 0 Å². The molecule has 0 spiro atoms. The first-order chi connectivity index (χ1) is 13.3. The average molecular weight is 429 g/mol. The highest BCUT2D eigenvalue weighted by Gasteiger charge is 2.44. The molecular weight excluding hydrogens is 413 g/mol. The molecule has 12 heteroatoms. The van der Waals surface area contributed by atoms with Crippen LogP contribution in [-0.4, -0.2) is 60.0 Å². The number of nitrogens with zero attached hydrogens (tertiary/aromatic N) is 2. The number of benzene rings is 1. The summed E-state index contributed by atoms with van der Waals surface area (Å²) in [5, 5.41) is 14.3. The fourth-order valence-corrected chi connectivity index (χ4v) is 4.85. The number of ether oxygens (including phenoxy) is 1. The van der Waals surface area contributed by atoms with Gasteiger partial charge in [0.15, 0.2) is 11.7 Å². The van der Waals surface area contributed by atoms with Gasteiger partial charge in [0.05, 0.1) is 11.0 Å². The van der Waals surface area contributed by atoms with Gasteiger partial charge >= 0.3 is 5.97 Å². The maximum atomic E-state index is 13.1. The average Bonchev–Trinajstić information content (AvgIpc) is 3.30. The molecule has 0 aliphatic carbocycles. The smallest absolute Gasteiger partial charge is 0.325 e. The van der Waals surface area contributed by atoms with Gasteiger partial charge in [-0.3, -0.25) is 14.9 Å². The summed E-state index contributed by atoms with van der Waals surface area (Å²) >= 11 is 1.18. The van der Waals surface area contributed by atoms with E-state index in [1.807, 2.05) is 0 Å². The number of hydrogen-bond acceptors (Lipinski definition) is 8. The van der Waals surface area contributed by atoms with E-state index in [-0.39, 0.29) is 17.9 Å². The lowest BCUT2D eigenvalue weighted by molar-refractivity contribution is -0.150. The topological polar surface area (TPSA) is 126 Å². The number of aromatic nitrogens is 1. The Bertz CT molecular complexity index is 949. The van der Waals surface area contributed by atoms with Gasteiger partial charge in [-0.2, -0.15) is 4.31 Å². The zero-order valence-electron chi connectivity index (χ0n) is 14.3. The third kappa shape index (κ3) is 4.52. The predicted octanol–water partition coefficient (Wildman–Crippen LogP) is 0.588. The molecule has 2 atom stereocenters. The van der Waals surface area contributed by atoms with Gasteiger partial charge in [0.25, 0.3) is 5.91 Å². The van der Waals surface area contributed by atoms with E-state index in [2.05, 4.69) is 10.3 Å². The van der Waals surface area contributed by atoms with E-state index in [1.54, 1.807) is 5.38 Å². The predicted molar refractivity (Wildman–Crippen MR) is 96.4 cm³/mol. The second-order valence-corrected chi connectivity index (χ2v) is 8.71. The van der Waals surface area contributed by atoms with E-state index < -0.39 is 46.5 Å². The molecule has 1 aromatic carbocycles.